The van der Waals surface area contributed by atoms with E-state index in [0.717, 1.165) is 25.7 Å². The number of nitrogens with zero attached hydrogens (tertiary/aromatic N) is 1. The summed E-state index contributed by atoms with van der Waals surface area (Å²) in [4.78, 5) is 26.2. The maximum absolute atomic E-state index is 12.6. The Morgan fingerprint density at radius 1 is 1.11 bits per heavy atom. The second-order valence-corrected chi connectivity index (χ2v) is 10.4. The number of β-amino-alcohol motifs (C(OH)–C–C–N with tert-alkyl or cyclic N) is 1. The predicted molar refractivity (Wildman–Crippen MR) is 99.0 cm³/mol. The molecule has 0 radical (unpaired) electrons. The van der Waals surface area contributed by atoms with Crippen molar-refractivity contribution in [1.82, 2.24) is 4.90 Å². The zero-order chi connectivity index (χ0) is 19.9. The fraction of sp³-hybridized carbons (Fsp3) is 0.952. The van der Waals surface area contributed by atoms with Crippen molar-refractivity contribution in [2.75, 3.05) is 13.1 Å². The second kappa shape index (κ2) is 6.06. The van der Waals surface area contributed by atoms with Gasteiger partial charge in [0, 0.05) is 18.8 Å². The predicted octanol–water partition coefficient (Wildman–Crippen LogP) is 2.86. The summed E-state index contributed by atoms with van der Waals surface area (Å²) < 4.78 is 12.4. The van der Waals surface area contributed by atoms with E-state index >= 15 is 0 Å². The molecule has 0 unspecified atom stereocenters. The summed E-state index contributed by atoms with van der Waals surface area (Å²) in [5, 5.41) is 9.92. The van der Waals surface area contributed by atoms with Crippen LogP contribution >= 0.6 is 0 Å². The molecule has 4 heterocycles. The lowest BCUT2D eigenvalue weighted by atomic mass is 9.53. The van der Waals surface area contributed by atoms with Gasteiger partial charge in [0.05, 0.1) is 24.8 Å². The molecule has 6 fully saturated rings. The van der Waals surface area contributed by atoms with E-state index in [1.165, 1.54) is 0 Å². The highest BCUT2D eigenvalue weighted by molar-refractivity contribution is 5.69. The Bertz CT molecular complexity index is 661. The lowest BCUT2D eigenvalue weighted by Crippen LogP contribution is -2.70. The first kappa shape index (κ1) is 19.1. The Kier molecular flexibility index (Phi) is 4.13. The van der Waals surface area contributed by atoms with Crippen LogP contribution in [0.1, 0.15) is 59.8 Å². The van der Waals surface area contributed by atoms with E-state index in [-0.39, 0.29) is 30.1 Å². The van der Waals surface area contributed by atoms with Crippen molar-refractivity contribution in [3.63, 3.8) is 0 Å². The van der Waals surface area contributed by atoms with Gasteiger partial charge in [-0.25, -0.2) is 14.6 Å². The normalized spacial score (nSPS) is 51.7. The van der Waals surface area contributed by atoms with Gasteiger partial charge in [0.1, 0.15) is 11.7 Å². The maximum atomic E-state index is 12.6. The molecule has 6 rings (SSSR count). The van der Waals surface area contributed by atoms with Crippen LogP contribution in [-0.4, -0.2) is 58.4 Å². The van der Waals surface area contributed by atoms with Gasteiger partial charge in [0.25, 0.3) is 0 Å². The third-order valence-electron chi connectivity index (χ3n) is 8.19. The number of carbonyl (C=O) groups is 1. The Hall–Kier alpha value is -0.890. The van der Waals surface area contributed by atoms with Crippen molar-refractivity contribution in [2.45, 2.75) is 89.0 Å². The number of carbonyl (C=O) groups excluding carboxylic acids is 1. The summed E-state index contributed by atoms with van der Waals surface area (Å²) in [5.74, 6) is 0.674. The minimum Gasteiger partial charge on any atom is -0.446 e. The summed E-state index contributed by atoms with van der Waals surface area (Å²) >= 11 is 0. The summed E-state index contributed by atoms with van der Waals surface area (Å²) in [6.45, 7) is 8.85. The first-order chi connectivity index (χ1) is 13.1. The van der Waals surface area contributed by atoms with Crippen molar-refractivity contribution < 1.29 is 29.1 Å². The highest BCUT2D eigenvalue weighted by atomic mass is 17.3. The summed E-state index contributed by atoms with van der Waals surface area (Å²) in [6.07, 6.45) is 4.03. The molecule has 8 atom stereocenters. The monoisotopic (exact) mass is 395 g/mol. The Morgan fingerprint density at radius 3 is 2.57 bits per heavy atom. The SMILES string of the molecule is C[C@H]1[C@@H](OC(=O)N2CC(C)(O)C2)C[C@@H]2O[C@@]3(C)CC[C@H]4[C@H](C)CC[C@@H]1[C@@]24OO3. The number of hydrogen-bond donors (Lipinski definition) is 1. The van der Waals surface area contributed by atoms with Crippen molar-refractivity contribution in [1.29, 1.82) is 0 Å². The van der Waals surface area contributed by atoms with Gasteiger partial charge in [-0.3, -0.25) is 0 Å². The molecule has 4 aliphatic heterocycles. The van der Waals surface area contributed by atoms with Gasteiger partial charge >= 0.3 is 6.09 Å². The third-order valence-corrected chi connectivity index (χ3v) is 8.19. The first-order valence-electron chi connectivity index (χ1n) is 10.9. The number of rotatable bonds is 1. The zero-order valence-corrected chi connectivity index (χ0v) is 17.3. The number of fused-ring (bicyclic) bond motifs is 2. The smallest absolute Gasteiger partial charge is 0.410 e. The van der Waals surface area contributed by atoms with Crippen LogP contribution in [0, 0.1) is 23.7 Å². The van der Waals surface area contributed by atoms with Crippen LogP contribution in [0.4, 0.5) is 4.79 Å². The lowest BCUT2D eigenvalue weighted by Gasteiger charge is -2.60. The third kappa shape index (κ3) is 2.66. The molecule has 1 spiro atoms. The Morgan fingerprint density at radius 2 is 1.86 bits per heavy atom. The highest BCUT2D eigenvalue weighted by Gasteiger charge is 2.68. The molecular formula is C21H33NO6. The van der Waals surface area contributed by atoms with E-state index in [4.69, 9.17) is 19.2 Å². The van der Waals surface area contributed by atoms with Gasteiger partial charge in [0.2, 0.25) is 0 Å². The van der Waals surface area contributed by atoms with E-state index in [0.29, 0.717) is 31.3 Å². The molecule has 7 heteroatoms. The van der Waals surface area contributed by atoms with Crippen LogP contribution < -0.4 is 0 Å². The van der Waals surface area contributed by atoms with Crippen LogP contribution in [0.25, 0.3) is 0 Å². The van der Waals surface area contributed by atoms with Crippen LogP contribution in [0.2, 0.25) is 0 Å². The van der Waals surface area contributed by atoms with Gasteiger partial charge in [-0.2, -0.15) is 0 Å². The van der Waals surface area contributed by atoms with E-state index in [2.05, 4.69) is 13.8 Å². The number of ether oxygens (including phenoxy) is 2. The van der Waals surface area contributed by atoms with Crippen molar-refractivity contribution in [2.24, 2.45) is 23.7 Å². The fourth-order valence-electron chi connectivity index (χ4n) is 6.70. The number of amides is 1. The minimum absolute atomic E-state index is 0.125. The molecule has 6 aliphatic rings. The number of hydrogen-bond acceptors (Lipinski definition) is 6. The van der Waals surface area contributed by atoms with Gasteiger partial charge in [-0.05, 0) is 50.9 Å². The maximum Gasteiger partial charge on any atom is 0.410 e. The summed E-state index contributed by atoms with van der Waals surface area (Å²) in [6, 6.07) is 0. The van der Waals surface area contributed by atoms with Gasteiger partial charge in [-0.15, -0.1) is 0 Å². The van der Waals surface area contributed by atoms with Crippen LogP contribution in [-0.2, 0) is 19.2 Å². The fourth-order valence-corrected chi connectivity index (χ4v) is 6.70. The van der Waals surface area contributed by atoms with Crippen LogP contribution in [0.15, 0.2) is 0 Å². The second-order valence-electron chi connectivity index (χ2n) is 10.4. The van der Waals surface area contributed by atoms with E-state index in [1.807, 2.05) is 6.92 Å². The molecule has 0 aromatic rings. The molecule has 2 saturated carbocycles. The van der Waals surface area contributed by atoms with Gasteiger partial charge in [-0.1, -0.05) is 13.8 Å². The lowest BCUT2D eigenvalue weighted by molar-refractivity contribution is -0.540. The molecule has 4 saturated heterocycles. The van der Waals surface area contributed by atoms with E-state index in [1.54, 1.807) is 11.8 Å². The molecule has 0 aromatic carbocycles. The summed E-state index contributed by atoms with van der Waals surface area (Å²) in [5.41, 5.74) is -1.23. The zero-order valence-electron chi connectivity index (χ0n) is 17.3. The molecule has 28 heavy (non-hydrogen) atoms. The highest BCUT2D eigenvalue weighted by Crippen LogP contribution is 2.61. The topological polar surface area (TPSA) is 77.5 Å². The molecule has 1 N–H and O–H groups in total. The largest absolute Gasteiger partial charge is 0.446 e. The van der Waals surface area contributed by atoms with Crippen LogP contribution in [0.3, 0.4) is 0 Å². The van der Waals surface area contributed by atoms with E-state index in [9.17, 15) is 9.90 Å². The van der Waals surface area contributed by atoms with Crippen molar-refractivity contribution in [3.05, 3.63) is 0 Å². The van der Waals surface area contributed by atoms with Gasteiger partial charge in [0.15, 0.2) is 5.79 Å². The molecule has 2 aliphatic carbocycles. The summed E-state index contributed by atoms with van der Waals surface area (Å²) in [7, 11) is 0. The van der Waals surface area contributed by atoms with Crippen molar-refractivity contribution in [3.8, 4) is 0 Å². The Balaban J connectivity index is 1.40. The van der Waals surface area contributed by atoms with Crippen molar-refractivity contribution >= 4 is 6.09 Å². The minimum atomic E-state index is -0.794. The number of aliphatic hydroxyl groups is 1. The molecule has 0 aromatic heterocycles. The molecule has 7 nitrogen and oxygen atoms in total. The van der Waals surface area contributed by atoms with Crippen LogP contribution in [0.5, 0.6) is 0 Å². The number of likely N-dealkylation sites (tertiary alicyclic amines) is 1. The Labute approximate surface area is 166 Å². The average Bonchev–Trinajstić information content (AvgIpc) is 2.83. The van der Waals surface area contributed by atoms with Gasteiger partial charge < -0.3 is 19.5 Å². The molecule has 2 bridgehead atoms. The standard InChI is InChI=1S/C21H33NO6/c1-12-5-6-15-13(2)16(25-18(23)22-10-19(3,24)11-22)9-17-21(15)14(12)7-8-20(4,26-17)27-28-21/h12-17,24H,5-11H2,1-4H3/t12-,13-,14+,15+,16+,17+,20-,21-/m1/s1. The quantitative estimate of drug-likeness (QED) is 0.688. The first-order valence-corrected chi connectivity index (χ1v) is 10.9. The van der Waals surface area contributed by atoms with E-state index < -0.39 is 17.0 Å². The molecular weight excluding hydrogens is 362 g/mol. The molecule has 1 amide bonds. The average molecular weight is 395 g/mol. The molecule has 158 valence electrons.